The Morgan fingerprint density at radius 1 is 0.938 bits per heavy atom. The Kier molecular flexibility index (Phi) is 6.08. The van der Waals surface area contributed by atoms with E-state index in [0.29, 0.717) is 32.7 Å². The van der Waals surface area contributed by atoms with Crippen molar-refractivity contribution in [2.75, 3.05) is 14.2 Å². The number of ketones is 1. The molecular weight excluding hydrogens is 455 g/mol. The van der Waals surface area contributed by atoms with Crippen LogP contribution in [0.2, 0.25) is 10.0 Å². The summed E-state index contributed by atoms with van der Waals surface area (Å²) in [6.45, 7) is 0. The van der Waals surface area contributed by atoms with Crippen LogP contribution in [-0.4, -0.2) is 26.0 Å². The van der Waals surface area contributed by atoms with Crippen molar-refractivity contribution in [1.29, 1.82) is 0 Å². The van der Waals surface area contributed by atoms with Gasteiger partial charge in [0.05, 0.1) is 29.8 Å². The zero-order valence-corrected chi connectivity index (χ0v) is 18.5. The number of rotatable bonds is 5. The smallest absolute Gasteiger partial charge is 0.351 e. The molecule has 0 fully saturated rings. The molecule has 0 radical (unpaired) electrons. The summed E-state index contributed by atoms with van der Waals surface area (Å²) < 4.78 is 21.7. The molecule has 32 heavy (non-hydrogen) atoms. The van der Waals surface area contributed by atoms with Gasteiger partial charge in [0.2, 0.25) is 5.78 Å². The lowest BCUT2D eigenvalue weighted by Crippen LogP contribution is -2.12. The van der Waals surface area contributed by atoms with Crippen LogP contribution in [0, 0.1) is 0 Å². The average Bonchev–Trinajstić information content (AvgIpc) is 3.10. The van der Waals surface area contributed by atoms with Gasteiger partial charge in [-0.05, 0) is 48.0 Å². The zero-order valence-electron chi connectivity index (χ0n) is 17.0. The van der Waals surface area contributed by atoms with Gasteiger partial charge in [-0.1, -0.05) is 35.3 Å². The molecule has 0 unspecified atom stereocenters. The van der Waals surface area contributed by atoms with E-state index in [0.717, 1.165) is 0 Å². The molecule has 1 aliphatic heterocycles. The maximum Gasteiger partial charge on any atom is 0.351 e. The molecule has 0 aliphatic carbocycles. The van der Waals surface area contributed by atoms with Crippen molar-refractivity contribution in [3.8, 4) is 23.0 Å². The molecule has 0 amide bonds. The van der Waals surface area contributed by atoms with Crippen molar-refractivity contribution in [2.24, 2.45) is 0 Å². The Morgan fingerprint density at radius 3 is 2.31 bits per heavy atom. The molecule has 0 bridgehead atoms. The predicted octanol–water partition coefficient (Wildman–Crippen LogP) is 5.85. The number of esters is 1. The standard InChI is InChI=1S/C24H16Cl2O6/c1-29-18-4-3-5-19(30-2)22(18)24(28)31-14-7-8-15-20(12-14)32-21(23(15)27)11-13-6-9-16(25)17(26)10-13/h3-12H,1-2H3/b21-11-. The van der Waals surface area contributed by atoms with Gasteiger partial charge < -0.3 is 18.9 Å². The van der Waals surface area contributed by atoms with Crippen molar-refractivity contribution in [2.45, 2.75) is 0 Å². The Hall–Kier alpha value is -3.48. The van der Waals surface area contributed by atoms with E-state index < -0.39 is 5.97 Å². The number of carbonyl (C=O) groups is 2. The van der Waals surface area contributed by atoms with Crippen LogP contribution >= 0.6 is 23.2 Å². The van der Waals surface area contributed by atoms with Gasteiger partial charge in [-0.3, -0.25) is 4.79 Å². The molecule has 0 aromatic heterocycles. The SMILES string of the molecule is COc1cccc(OC)c1C(=O)Oc1ccc2c(c1)O/C(=C\c1ccc(Cl)c(Cl)c1)C2=O. The molecule has 0 saturated carbocycles. The second-order valence-electron chi connectivity index (χ2n) is 6.70. The van der Waals surface area contributed by atoms with Crippen molar-refractivity contribution in [3.63, 3.8) is 0 Å². The number of fused-ring (bicyclic) bond motifs is 1. The van der Waals surface area contributed by atoms with Crippen LogP contribution < -0.4 is 18.9 Å². The molecular formula is C24H16Cl2O6. The number of halogens is 2. The minimum absolute atomic E-state index is 0.119. The van der Waals surface area contributed by atoms with Crippen LogP contribution in [0.1, 0.15) is 26.3 Å². The number of Topliss-reactive ketones (excluding diaryl/α,β-unsaturated/α-hetero) is 1. The summed E-state index contributed by atoms with van der Waals surface area (Å²) in [4.78, 5) is 25.5. The van der Waals surface area contributed by atoms with Gasteiger partial charge in [0.15, 0.2) is 5.76 Å². The summed E-state index contributed by atoms with van der Waals surface area (Å²) in [5, 5.41) is 0.777. The van der Waals surface area contributed by atoms with E-state index in [1.807, 2.05) is 0 Å². The minimum atomic E-state index is -0.671. The van der Waals surface area contributed by atoms with E-state index in [1.54, 1.807) is 42.5 Å². The molecule has 0 atom stereocenters. The van der Waals surface area contributed by atoms with E-state index in [9.17, 15) is 9.59 Å². The first-order valence-electron chi connectivity index (χ1n) is 9.37. The van der Waals surface area contributed by atoms with Crippen LogP contribution in [0.4, 0.5) is 0 Å². The van der Waals surface area contributed by atoms with E-state index in [2.05, 4.69) is 0 Å². The lowest BCUT2D eigenvalue weighted by Gasteiger charge is -2.12. The van der Waals surface area contributed by atoms with Gasteiger partial charge in [0, 0.05) is 6.07 Å². The quantitative estimate of drug-likeness (QED) is 0.264. The highest BCUT2D eigenvalue weighted by atomic mass is 35.5. The molecule has 3 aromatic rings. The summed E-state index contributed by atoms with van der Waals surface area (Å²) in [7, 11) is 2.89. The van der Waals surface area contributed by atoms with Crippen molar-refractivity contribution in [1.82, 2.24) is 0 Å². The van der Waals surface area contributed by atoms with Gasteiger partial charge in [0.1, 0.15) is 28.6 Å². The molecule has 1 heterocycles. The molecule has 0 N–H and O–H groups in total. The largest absolute Gasteiger partial charge is 0.496 e. The lowest BCUT2D eigenvalue weighted by atomic mass is 10.1. The monoisotopic (exact) mass is 470 g/mol. The Balaban J connectivity index is 1.59. The molecule has 4 rings (SSSR count). The summed E-state index contributed by atoms with van der Waals surface area (Å²) in [5.74, 6) is 0.255. The second-order valence-corrected chi connectivity index (χ2v) is 7.51. The van der Waals surface area contributed by atoms with Crippen LogP contribution in [0.3, 0.4) is 0 Å². The molecule has 0 spiro atoms. The normalized spacial score (nSPS) is 13.5. The average molecular weight is 471 g/mol. The predicted molar refractivity (Wildman–Crippen MR) is 120 cm³/mol. The number of allylic oxidation sites excluding steroid dienone is 1. The molecule has 8 heteroatoms. The summed E-state index contributed by atoms with van der Waals surface area (Å²) in [6, 6.07) is 14.5. The number of methoxy groups -OCH3 is 2. The fraction of sp³-hybridized carbons (Fsp3) is 0.0833. The second kappa shape index (κ2) is 8.94. The van der Waals surface area contributed by atoms with E-state index in [1.165, 1.54) is 32.4 Å². The third kappa shape index (κ3) is 4.15. The highest BCUT2D eigenvalue weighted by Crippen LogP contribution is 2.36. The number of ether oxygens (including phenoxy) is 4. The summed E-state index contributed by atoms with van der Waals surface area (Å²) in [5.41, 5.74) is 1.16. The first kappa shape index (κ1) is 21.7. The number of hydrogen-bond donors (Lipinski definition) is 0. The Labute approximate surface area is 193 Å². The third-order valence-electron chi connectivity index (χ3n) is 4.73. The number of hydrogen-bond acceptors (Lipinski definition) is 6. The van der Waals surface area contributed by atoms with Crippen LogP contribution in [0.5, 0.6) is 23.0 Å². The fourth-order valence-corrected chi connectivity index (χ4v) is 3.50. The summed E-state index contributed by atoms with van der Waals surface area (Å²) in [6.07, 6.45) is 1.57. The minimum Gasteiger partial charge on any atom is -0.496 e. The van der Waals surface area contributed by atoms with Crippen molar-refractivity contribution in [3.05, 3.63) is 87.1 Å². The zero-order chi connectivity index (χ0) is 22.8. The third-order valence-corrected chi connectivity index (χ3v) is 5.46. The van der Waals surface area contributed by atoms with E-state index >= 15 is 0 Å². The highest BCUT2D eigenvalue weighted by molar-refractivity contribution is 6.42. The van der Waals surface area contributed by atoms with Crippen molar-refractivity contribution < 1.29 is 28.5 Å². The molecule has 1 aliphatic rings. The van der Waals surface area contributed by atoms with E-state index in [-0.39, 0.29) is 28.6 Å². The maximum absolute atomic E-state index is 12.8. The van der Waals surface area contributed by atoms with Crippen LogP contribution in [0.25, 0.3) is 6.08 Å². The lowest BCUT2D eigenvalue weighted by molar-refractivity contribution is 0.0727. The Bertz CT molecular complexity index is 1240. The maximum atomic E-state index is 12.8. The highest BCUT2D eigenvalue weighted by Gasteiger charge is 2.28. The van der Waals surface area contributed by atoms with Crippen molar-refractivity contribution >= 4 is 41.0 Å². The fourth-order valence-electron chi connectivity index (χ4n) is 3.19. The molecule has 3 aromatic carbocycles. The molecule has 162 valence electrons. The van der Waals surface area contributed by atoms with Crippen LogP contribution in [-0.2, 0) is 0 Å². The van der Waals surface area contributed by atoms with E-state index in [4.69, 9.17) is 42.1 Å². The van der Waals surface area contributed by atoms with Gasteiger partial charge >= 0.3 is 5.97 Å². The van der Waals surface area contributed by atoms with Gasteiger partial charge in [-0.15, -0.1) is 0 Å². The first-order chi connectivity index (χ1) is 15.4. The number of carbonyl (C=O) groups excluding carboxylic acids is 2. The topological polar surface area (TPSA) is 71.1 Å². The number of benzene rings is 3. The molecule has 6 nitrogen and oxygen atoms in total. The Morgan fingerprint density at radius 2 is 1.66 bits per heavy atom. The summed E-state index contributed by atoms with van der Waals surface area (Å²) >= 11 is 12.0. The van der Waals surface area contributed by atoms with Gasteiger partial charge in [0.25, 0.3) is 0 Å². The van der Waals surface area contributed by atoms with Crippen LogP contribution in [0.15, 0.2) is 60.4 Å². The molecule has 0 saturated heterocycles. The first-order valence-corrected chi connectivity index (χ1v) is 10.1. The van der Waals surface area contributed by atoms with Gasteiger partial charge in [-0.25, -0.2) is 4.79 Å². The van der Waals surface area contributed by atoms with Gasteiger partial charge in [-0.2, -0.15) is 0 Å².